The van der Waals surface area contributed by atoms with E-state index in [1.54, 1.807) is 18.2 Å². The van der Waals surface area contributed by atoms with Gasteiger partial charge in [0.25, 0.3) is 0 Å². The van der Waals surface area contributed by atoms with E-state index in [2.05, 4.69) is 15.9 Å². The number of rotatable bonds is 5. The van der Waals surface area contributed by atoms with Crippen molar-refractivity contribution in [3.8, 4) is 5.75 Å². The number of hydrogen-bond acceptors (Lipinski definition) is 3. The molecular weight excluding hydrogens is 330 g/mol. The van der Waals surface area contributed by atoms with Crippen molar-refractivity contribution >= 4 is 26.0 Å². The van der Waals surface area contributed by atoms with Gasteiger partial charge in [0.15, 0.2) is 0 Å². The quantitative estimate of drug-likeness (QED) is 0.819. The van der Waals surface area contributed by atoms with Gasteiger partial charge < -0.3 is 4.74 Å². The van der Waals surface area contributed by atoms with Crippen molar-refractivity contribution in [2.24, 2.45) is 0 Å². The van der Waals surface area contributed by atoms with E-state index in [9.17, 15) is 8.42 Å². The molecule has 0 atom stereocenters. The summed E-state index contributed by atoms with van der Waals surface area (Å²) in [6, 6.07) is 4.75. The number of nitrogens with zero attached hydrogens (tertiary/aromatic N) is 1. The number of halogens is 1. The molecule has 0 aliphatic rings. The first-order valence-corrected chi connectivity index (χ1v) is 8.32. The van der Waals surface area contributed by atoms with Gasteiger partial charge in [0.1, 0.15) is 10.6 Å². The second-order valence-corrected chi connectivity index (χ2v) is 7.54. The van der Waals surface area contributed by atoms with E-state index in [0.717, 1.165) is 0 Å². The first-order chi connectivity index (χ1) is 8.71. The molecule has 108 valence electrons. The van der Waals surface area contributed by atoms with Crippen molar-refractivity contribution in [3.63, 3.8) is 0 Å². The van der Waals surface area contributed by atoms with Crippen LogP contribution in [0.3, 0.4) is 0 Å². The lowest BCUT2D eigenvalue weighted by Gasteiger charge is -2.30. The van der Waals surface area contributed by atoms with Crippen LogP contribution in [-0.2, 0) is 10.0 Å². The fourth-order valence-corrected chi connectivity index (χ4v) is 4.65. The van der Waals surface area contributed by atoms with E-state index in [0.29, 0.717) is 10.2 Å². The molecule has 4 nitrogen and oxygen atoms in total. The van der Waals surface area contributed by atoms with E-state index in [4.69, 9.17) is 4.74 Å². The summed E-state index contributed by atoms with van der Waals surface area (Å²) in [5.41, 5.74) is 0. The van der Waals surface area contributed by atoms with Crippen molar-refractivity contribution in [1.82, 2.24) is 4.31 Å². The highest BCUT2D eigenvalue weighted by Crippen LogP contribution is 2.31. The molecule has 0 aliphatic heterocycles. The molecule has 0 spiro atoms. The lowest BCUT2D eigenvalue weighted by Crippen LogP contribution is -2.42. The van der Waals surface area contributed by atoms with Crippen LogP contribution >= 0.6 is 15.9 Å². The summed E-state index contributed by atoms with van der Waals surface area (Å²) in [5.74, 6) is 0.356. The van der Waals surface area contributed by atoms with Gasteiger partial charge >= 0.3 is 0 Å². The van der Waals surface area contributed by atoms with Gasteiger partial charge in [-0.15, -0.1) is 0 Å². The second-order valence-electron chi connectivity index (χ2n) is 4.82. The molecule has 1 rings (SSSR count). The van der Waals surface area contributed by atoms with E-state index in [-0.39, 0.29) is 17.0 Å². The topological polar surface area (TPSA) is 46.6 Å². The molecule has 19 heavy (non-hydrogen) atoms. The van der Waals surface area contributed by atoms with E-state index < -0.39 is 10.0 Å². The summed E-state index contributed by atoms with van der Waals surface area (Å²) in [4.78, 5) is 0.187. The third-order valence-electron chi connectivity index (χ3n) is 2.70. The van der Waals surface area contributed by atoms with Crippen molar-refractivity contribution < 1.29 is 13.2 Å². The molecule has 0 unspecified atom stereocenters. The molecule has 0 saturated carbocycles. The second kappa shape index (κ2) is 6.24. The Balaban J connectivity index is 3.45. The molecule has 0 bridgehead atoms. The lowest BCUT2D eigenvalue weighted by molar-refractivity contribution is 0.300. The lowest BCUT2D eigenvalue weighted by atomic mass is 10.3. The summed E-state index contributed by atoms with van der Waals surface area (Å²) in [6.45, 7) is 7.45. The molecule has 6 heteroatoms. The molecule has 1 aromatic carbocycles. The van der Waals surface area contributed by atoms with Crippen molar-refractivity contribution in [2.45, 2.75) is 44.7 Å². The zero-order valence-electron chi connectivity index (χ0n) is 11.8. The summed E-state index contributed by atoms with van der Waals surface area (Å²) < 4.78 is 32.9. The Hall–Kier alpha value is -0.590. The largest absolute Gasteiger partial charge is 0.495 e. The first kappa shape index (κ1) is 16.5. The standard InChI is InChI=1S/C13H20BrNO3S/c1-9(2)15(10(3)4)19(16,17)13-8-11(14)6-7-12(13)18-5/h6-10H,1-5H3. The molecule has 0 fully saturated rings. The van der Waals surface area contributed by atoms with Gasteiger partial charge in [0.05, 0.1) is 7.11 Å². The molecule has 0 aromatic heterocycles. The minimum atomic E-state index is -3.59. The average Bonchev–Trinajstić information content (AvgIpc) is 2.27. The number of ether oxygens (including phenoxy) is 1. The minimum Gasteiger partial charge on any atom is -0.495 e. The predicted molar refractivity (Wildman–Crippen MR) is 80.0 cm³/mol. The van der Waals surface area contributed by atoms with E-state index in [1.807, 2.05) is 27.7 Å². The third kappa shape index (κ3) is 3.49. The number of hydrogen-bond donors (Lipinski definition) is 0. The number of methoxy groups -OCH3 is 1. The maximum Gasteiger partial charge on any atom is 0.247 e. The average molecular weight is 350 g/mol. The third-order valence-corrected chi connectivity index (χ3v) is 5.47. The highest BCUT2D eigenvalue weighted by Gasteiger charge is 2.31. The molecule has 0 amide bonds. The van der Waals surface area contributed by atoms with Gasteiger partial charge in [-0.2, -0.15) is 4.31 Å². The highest BCUT2D eigenvalue weighted by atomic mass is 79.9. The van der Waals surface area contributed by atoms with Gasteiger partial charge in [0.2, 0.25) is 10.0 Å². The summed E-state index contributed by atoms with van der Waals surface area (Å²) >= 11 is 3.30. The Morgan fingerprint density at radius 3 is 2.11 bits per heavy atom. The van der Waals surface area contributed by atoms with Gasteiger partial charge in [-0.05, 0) is 45.9 Å². The molecule has 0 radical (unpaired) electrons. The Bertz CT molecular complexity index is 533. The number of benzene rings is 1. The molecule has 0 N–H and O–H groups in total. The van der Waals surface area contributed by atoms with Crippen LogP contribution in [-0.4, -0.2) is 31.9 Å². The smallest absolute Gasteiger partial charge is 0.247 e. The summed E-state index contributed by atoms with van der Waals surface area (Å²) in [7, 11) is -2.12. The zero-order chi connectivity index (χ0) is 14.8. The minimum absolute atomic E-state index is 0.117. The maximum absolute atomic E-state index is 12.8. The van der Waals surface area contributed by atoms with Crippen LogP contribution in [0.15, 0.2) is 27.6 Å². The Morgan fingerprint density at radius 1 is 1.16 bits per heavy atom. The highest BCUT2D eigenvalue weighted by molar-refractivity contribution is 9.10. The maximum atomic E-state index is 12.8. The molecule has 0 heterocycles. The van der Waals surface area contributed by atoms with Gasteiger partial charge in [-0.1, -0.05) is 15.9 Å². The van der Waals surface area contributed by atoms with Crippen LogP contribution in [0.1, 0.15) is 27.7 Å². The Morgan fingerprint density at radius 2 is 1.68 bits per heavy atom. The van der Waals surface area contributed by atoms with Crippen molar-refractivity contribution in [1.29, 1.82) is 0 Å². The Labute approximate surface area is 123 Å². The van der Waals surface area contributed by atoms with Gasteiger partial charge in [-0.25, -0.2) is 8.42 Å². The Kier molecular flexibility index (Phi) is 5.41. The van der Waals surface area contributed by atoms with Crippen LogP contribution in [0, 0.1) is 0 Å². The van der Waals surface area contributed by atoms with Crippen LogP contribution in [0.25, 0.3) is 0 Å². The molecular formula is C13H20BrNO3S. The molecule has 0 aliphatic carbocycles. The predicted octanol–water partition coefficient (Wildman–Crippen LogP) is 3.27. The first-order valence-electron chi connectivity index (χ1n) is 6.09. The van der Waals surface area contributed by atoms with Gasteiger partial charge in [-0.3, -0.25) is 0 Å². The van der Waals surface area contributed by atoms with Crippen LogP contribution in [0.2, 0.25) is 0 Å². The molecule has 1 aromatic rings. The van der Waals surface area contributed by atoms with E-state index in [1.165, 1.54) is 11.4 Å². The van der Waals surface area contributed by atoms with Crippen LogP contribution in [0.5, 0.6) is 5.75 Å². The van der Waals surface area contributed by atoms with Crippen LogP contribution < -0.4 is 4.74 Å². The van der Waals surface area contributed by atoms with Crippen molar-refractivity contribution in [2.75, 3.05) is 7.11 Å². The fraction of sp³-hybridized carbons (Fsp3) is 0.538. The zero-order valence-corrected chi connectivity index (χ0v) is 14.2. The molecule has 0 saturated heterocycles. The van der Waals surface area contributed by atoms with Gasteiger partial charge in [0, 0.05) is 16.6 Å². The van der Waals surface area contributed by atoms with E-state index >= 15 is 0 Å². The monoisotopic (exact) mass is 349 g/mol. The van der Waals surface area contributed by atoms with Crippen molar-refractivity contribution in [3.05, 3.63) is 22.7 Å². The fourth-order valence-electron chi connectivity index (χ4n) is 2.12. The SMILES string of the molecule is COc1ccc(Br)cc1S(=O)(=O)N(C(C)C)C(C)C. The summed E-state index contributed by atoms with van der Waals surface area (Å²) in [6.07, 6.45) is 0. The van der Waals surface area contributed by atoms with Crippen LogP contribution in [0.4, 0.5) is 0 Å². The normalized spacial score (nSPS) is 12.5. The summed E-state index contributed by atoms with van der Waals surface area (Å²) in [5, 5.41) is 0. The number of sulfonamides is 1.